The van der Waals surface area contributed by atoms with Crippen molar-refractivity contribution in [3.63, 3.8) is 0 Å². The first kappa shape index (κ1) is 42.3. The summed E-state index contributed by atoms with van der Waals surface area (Å²) in [5.74, 6) is 1.27. The van der Waals surface area contributed by atoms with Crippen LogP contribution in [0.15, 0.2) is 97.6 Å². The van der Waals surface area contributed by atoms with E-state index < -0.39 is 0 Å². The molecule has 2 N–H and O–H groups in total. The topological polar surface area (TPSA) is 75.0 Å². The van der Waals surface area contributed by atoms with Crippen molar-refractivity contribution in [2.24, 2.45) is 28.2 Å². The summed E-state index contributed by atoms with van der Waals surface area (Å²) < 4.78 is 36.8. The number of H-pyrrole nitrogens is 2. The zero-order chi connectivity index (χ0) is 35.7. The third kappa shape index (κ3) is 7.28. The van der Waals surface area contributed by atoms with Gasteiger partial charge in [-0.1, -0.05) is 24.3 Å². The summed E-state index contributed by atoms with van der Waals surface area (Å²) in [5.41, 5.74) is 11.5. The second kappa shape index (κ2) is 16.7. The number of nitrogens with one attached hydrogen (secondary N) is 2. The van der Waals surface area contributed by atoms with Crippen molar-refractivity contribution in [2.75, 3.05) is 0 Å². The molecule has 8 bridgehead atoms. The van der Waals surface area contributed by atoms with Crippen LogP contribution in [-0.2, 0) is 79.4 Å². The maximum Gasteiger partial charge on any atom is 0.292 e. The summed E-state index contributed by atoms with van der Waals surface area (Å²) in [6.45, 7) is 0. The number of aromatic nitrogens is 8. The van der Waals surface area contributed by atoms with Crippen LogP contribution in [0.2, 0.25) is 0 Å². The minimum atomic E-state index is -0.308. The first-order valence-corrected chi connectivity index (χ1v) is 16.9. The molecule has 3 radical (unpaired) electrons. The average molecular weight is 889 g/mol. The monoisotopic (exact) mass is 888 g/mol. The van der Waals surface area contributed by atoms with E-state index in [-0.39, 0.29) is 75.2 Å². The van der Waals surface area contributed by atoms with Gasteiger partial charge >= 0.3 is 0 Å². The number of benzene rings is 2. The van der Waals surface area contributed by atoms with E-state index in [2.05, 4.69) is 40.4 Å². The van der Waals surface area contributed by atoms with Gasteiger partial charge in [0.05, 0.1) is 62.0 Å². The van der Waals surface area contributed by atoms with Crippen LogP contribution in [0.4, 0.5) is 8.78 Å². The Morgan fingerprint density at radius 2 is 0.786 bits per heavy atom. The average Bonchev–Trinajstić information content (AvgIpc) is 4.00. The van der Waals surface area contributed by atoms with Gasteiger partial charge in [0.15, 0.2) is 0 Å². The Bertz CT molecular complexity index is 2580. The van der Waals surface area contributed by atoms with Crippen molar-refractivity contribution in [1.82, 2.24) is 29.1 Å². The minimum absolute atomic E-state index is 0. The SMILES string of the molecule is Cn1cc[n+](C)c1-c1c2nc(c(-c3ccc(F)cc3)c3ccc([nH]3)c(-c3n(C)cc[n+]3C)c3nc(c(-c4ccc(F)cc4)c4ccc1[nH]4)C=C3)C=C2.[Cl-].[Mn].[Mn].[Mn]. The van der Waals surface area contributed by atoms with Crippen LogP contribution in [0.1, 0.15) is 22.8 Å². The number of aromatic amines is 2. The summed E-state index contributed by atoms with van der Waals surface area (Å²) in [6, 6.07) is 21.3. The molecular formula is C42H34ClF2Mn3N8+. The molecule has 8 nitrogen and oxygen atoms in total. The number of rotatable bonds is 4. The fourth-order valence-electron chi connectivity index (χ4n) is 7.40. The Hall–Kier alpha value is -4.83. The van der Waals surface area contributed by atoms with Gasteiger partial charge in [0.1, 0.15) is 47.5 Å². The molecule has 2 aliphatic heterocycles. The molecule has 7 heterocycles. The summed E-state index contributed by atoms with van der Waals surface area (Å²) in [6.07, 6.45) is 16.1. The molecule has 2 aliphatic rings. The van der Waals surface area contributed by atoms with Crippen molar-refractivity contribution in [2.45, 2.75) is 0 Å². The van der Waals surface area contributed by atoms with E-state index in [4.69, 9.17) is 9.97 Å². The number of hydrogen-bond acceptors (Lipinski definition) is 2. The van der Waals surface area contributed by atoms with Crippen molar-refractivity contribution in [3.05, 3.63) is 132 Å². The van der Waals surface area contributed by atoms with Crippen LogP contribution >= 0.6 is 0 Å². The van der Waals surface area contributed by atoms with E-state index >= 15 is 0 Å². The van der Waals surface area contributed by atoms with Gasteiger partial charge in [-0.15, -0.1) is 0 Å². The standard InChI is InChI=1S/C42H33F2N8.ClH.3Mn/c1-49-21-22-50(2)41(49)39-33-17-13-29(45-33)37(25-5-9-27(43)10-6-25)31-15-19-35(47-31)40(42-51(3)23-24-52(42)4)36-20-16-32(48-36)38(30-14-18-34(39)46-30)26-7-11-28(44)12-8-26;;;;/h5-24H,1-4H3,(H,45,46,47,48);1H;;;/q+1;;;;. The van der Waals surface area contributed by atoms with Crippen LogP contribution in [0.5, 0.6) is 0 Å². The summed E-state index contributed by atoms with van der Waals surface area (Å²) in [4.78, 5) is 18.0. The normalized spacial score (nSPS) is 11.4. The first-order valence-electron chi connectivity index (χ1n) is 16.9. The van der Waals surface area contributed by atoms with Gasteiger partial charge in [-0.05, 0) is 84.0 Å². The molecule has 14 heteroatoms. The molecule has 0 saturated carbocycles. The zero-order valence-corrected chi connectivity index (χ0v) is 34.8. The predicted molar refractivity (Wildman–Crippen MR) is 201 cm³/mol. The van der Waals surface area contributed by atoms with E-state index in [0.29, 0.717) is 0 Å². The van der Waals surface area contributed by atoms with Crippen molar-refractivity contribution < 1.29 is 81.5 Å². The largest absolute Gasteiger partial charge is 1.00 e. The molecule has 0 spiro atoms. The van der Waals surface area contributed by atoms with Crippen LogP contribution in [0, 0.1) is 11.6 Å². The van der Waals surface area contributed by atoms with Gasteiger partial charge in [0, 0.05) is 73.4 Å². The number of halogens is 3. The number of nitrogens with zero attached hydrogens (tertiary/aromatic N) is 6. The maximum atomic E-state index is 14.3. The molecule has 9 rings (SSSR count). The Kier molecular flexibility index (Phi) is 12.6. The third-order valence-corrected chi connectivity index (χ3v) is 9.83. The van der Waals surface area contributed by atoms with Gasteiger partial charge in [-0.3, -0.25) is 0 Å². The summed E-state index contributed by atoms with van der Waals surface area (Å²) >= 11 is 0. The van der Waals surface area contributed by atoms with Gasteiger partial charge in [-0.25, -0.2) is 37.0 Å². The predicted octanol–water partition coefficient (Wildman–Crippen LogP) is 4.92. The molecule has 0 amide bonds. The first-order chi connectivity index (χ1) is 25.2. The van der Waals surface area contributed by atoms with Crippen molar-refractivity contribution in [3.8, 4) is 45.0 Å². The van der Waals surface area contributed by atoms with Crippen LogP contribution < -0.4 is 21.5 Å². The van der Waals surface area contributed by atoms with Gasteiger partial charge in [0.25, 0.3) is 11.6 Å². The molecule has 2 aromatic carbocycles. The third-order valence-electron chi connectivity index (χ3n) is 9.83. The molecule has 5 aromatic heterocycles. The van der Waals surface area contributed by atoms with Crippen LogP contribution in [-0.4, -0.2) is 29.1 Å². The Morgan fingerprint density at radius 3 is 1.09 bits per heavy atom. The molecule has 0 atom stereocenters. The number of aryl methyl sites for hydroxylation is 4. The summed E-state index contributed by atoms with van der Waals surface area (Å²) in [5, 5.41) is 0. The van der Waals surface area contributed by atoms with Crippen molar-refractivity contribution >= 4 is 46.4 Å². The minimum Gasteiger partial charge on any atom is -1.00 e. The maximum absolute atomic E-state index is 14.3. The quantitative estimate of drug-likeness (QED) is 0.195. The Balaban J connectivity index is 0.00000150. The van der Waals surface area contributed by atoms with Gasteiger partial charge in [-0.2, -0.15) is 0 Å². The Labute approximate surface area is 359 Å². The van der Waals surface area contributed by atoms with Crippen LogP contribution in [0.25, 0.3) is 91.4 Å². The molecule has 0 saturated heterocycles. The fourth-order valence-corrected chi connectivity index (χ4v) is 7.40. The van der Waals surface area contributed by atoms with Gasteiger partial charge in [0.2, 0.25) is 0 Å². The van der Waals surface area contributed by atoms with Crippen LogP contribution in [0.3, 0.4) is 0 Å². The Morgan fingerprint density at radius 1 is 0.482 bits per heavy atom. The summed E-state index contributed by atoms with van der Waals surface area (Å²) in [7, 11) is 8.05. The molecule has 283 valence electrons. The van der Waals surface area contributed by atoms with Gasteiger partial charge < -0.3 is 22.4 Å². The van der Waals surface area contributed by atoms with E-state index in [1.165, 1.54) is 24.3 Å². The van der Waals surface area contributed by atoms with Crippen molar-refractivity contribution in [1.29, 1.82) is 0 Å². The number of imidazole rings is 2. The molecule has 0 unspecified atom stereocenters. The number of fused-ring (bicyclic) bond motifs is 8. The molecule has 56 heavy (non-hydrogen) atoms. The molecule has 0 aliphatic carbocycles. The zero-order valence-electron chi connectivity index (χ0n) is 30.5. The van der Waals surface area contributed by atoms with E-state index in [1.54, 1.807) is 24.3 Å². The molecule has 0 fully saturated rings. The second-order valence-electron chi connectivity index (χ2n) is 13.2. The van der Waals surface area contributed by atoms with E-state index in [9.17, 15) is 8.78 Å². The number of hydrogen-bond donors (Lipinski definition) is 2. The smallest absolute Gasteiger partial charge is 0.292 e. The van der Waals surface area contributed by atoms with E-state index in [0.717, 1.165) is 89.9 Å². The van der Waals surface area contributed by atoms with E-state index in [1.807, 2.05) is 89.4 Å². The molecule has 7 aromatic rings. The molecular weight excluding hydrogens is 855 g/mol. The fraction of sp³-hybridized carbons (Fsp3) is 0.0952. The second-order valence-corrected chi connectivity index (χ2v) is 13.2.